The average Bonchev–Trinajstić information content (AvgIpc) is 0.949. The largest absolute Gasteiger partial charge is 0.472 e. The van der Waals surface area contributed by atoms with E-state index in [9.17, 15) is 43.2 Å². The van der Waals surface area contributed by atoms with E-state index in [4.69, 9.17) is 37.0 Å². The van der Waals surface area contributed by atoms with E-state index >= 15 is 0 Å². The predicted molar refractivity (Wildman–Crippen MR) is 409 cm³/mol. The van der Waals surface area contributed by atoms with Gasteiger partial charge in [0.25, 0.3) is 0 Å². The Kier molecular flexibility index (Phi) is 69.9. The average molecular weight is 1470 g/mol. The Morgan fingerprint density at radius 1 is 0.290 bits per heavy atom. The third-order valence-corrected chi connectivity index (χ3v) is 21.1. The number of rotatable bonds is 79. The lowest BCUT2D eigenvalue weighted by Crippen LogP contribution is -2.30. The van der Waals surface area contributed by atoms with E-state index in [1.54, 1.807) is 0 Å². The number of carbonyl (C=O) groups is 4. The molecule has 0 rings (SSSR count). The van der Waals surface area contributed by atoms with Crippen molar-refractivity contribution in [3.05, 3.63) is 0 Å². The second-order valence-electron chi connectivity index (χ2n) is 30.4. The summed E-state index contributed by atoms with van der Waals surface area (Å²) in [6.07, 6.45) is 59.8. The van der Waals surface area contributed by atoms with Crippen molar-refractivity contribution in [2.75, 3.05) is 39.6 Å². The van der Waals surface area contributed by atoms with E-state index in [2.05, 4.69) is 48.5 Å². The number of phosphoric acid groups is 2. The van der Waals surface area contributed by atoms with Gasteiger partial charge in [-0.3, -0.25) is 37.3 Å². The van der Waals surface area contributed by atoms with E-state index < -0.39 is 97.5 Å². The van der Waals surface area contributed by atoms with Gasteiger partial charge in [-0.1, -0.05) is 370 Å². The first-order valence-electron chi connectivity index (χ1n) is 41.9. The van der Waals surface area contributed by atoms with E-state index in [1.165, 1.54) is 225 Å². The van der Waals surface area contributed by atoms with Crippen molar-refractivity contribution in [2.45, 2.75) is 439 Å². The van der Waals surface area contributed by atoms with Gasteiger partial charge in [-0.05, 0) is 43.4 Å². The standard InChI is InChI=1S/C81H158O17P2/c1-8-10-11-12-13-41-48-55-62-78(83)91-68-76(98-81(86)65-58-51-44-37-36-40-47-54-61-74(7)9-2)70-95-99(87,88)93-66-75(82)67-94-100(89,90)96-71-77(69-92-79(84)63-56-49-42-34-30-26-22-19-18-21-25-29-33-39-46-53-60-73(5)6)97-80(85)64-57-50-43-35-31-27-23-17-15-14-16-20-24-28-32-38-45-52-59-72(3)4/h72-77,82H,8-71H2,1-7H3,(H,87,88)(H,89,90)/t74?,75-,76+,77+/m0/s1. The molecule has 19 heteroatoms. The van der Waals surface area contributed by atoms with Gasteiger partial charge < -0.3 is 33.8 Å². The molecule has 0 aliphatic carbocycles. The van der Waals surface area contributed by atoms with Crippen LogP contribution in [0.1, 0.15) is 421 Å². The molecule has 3 unspecified atom stereocenters. The van der Waals surface area contributed by atoms with Crippen LogP contribution in [0.2, 0.25) is 0 Å². The first-order chi connectivity index (χ1) is 48.3. The zero-order valence-corrected chi connectivity index (χ0v) is 67.5. The molecule has 0 radical (unpaired) electrons. The van der Waals surface area contributed by atoms with Crippen LogP contribution in [-0.4, -0.2) is 96.7 Å². The summed E-state index contributed by atoms with van der Waals surface area (Å²) < 4.78 is 68.6. The Bertz CT molecular complexity index is 1940. The van der Waals surface area contributed by atoms with Crippen LogP contribution >= 0.6 is 15.6 Å². The molecular formula is C81H158O17P2. The lowest BCUT2D eigenvalue weighted by atomic mass is 9.99. The maximum absolute atomic E-state index is 13.1. The van der Waals surface area contributed by atoms with E-state index in [1.807, 2.05) is 0 Å². The zero-order chi connectivity index (χ0) is 73.7. The summed E-state index contributed by atoms with van der Waals surface area (Å²) in [6, 6.07) is 0. The highest BCUT2D eigenvalue weighted by Crippen LogP contribution is 2.45. The summed E-state index contributed by atoms with van der Waals surface area (Å²) in [6.45, 7) is 12.0. The highest BCUT2D eigenvalue weighted by molar-refractivity contribution is 7.47. The van der Waals surface area contributed by atoms with Crippen molar-refractivity contribution in [2.24, 2.45) is 17.8 Å². The van der Waals surface area contributed by atoms with Crippen molar-refractivity contribution < 1.29 is 80.2 Å². The molecule has 3 N–H and O–H groups in total. The van der Waals surface area contributed by atoms with Crippen LogP contribution in [-0.2, 0) is 65.4 Å². The maximum Gasteiger partial charge on any atom is 0.472 e. The number of aliphatic hydroxyl groups excluding tert-OH is 1. The monoisotopic (exact) mass is 1470 g/mol. The Labute approximate surface area is 613 Å². The second-order valence-corrected chi connectivity index (χ2v) is 33.3. The van der Waals surface area contributed by atoms with Gasteiger partial charge in [0.2, 0.25) is 0 Å². The van der Waals surface area contributed by atoms with Gasteiger partial charge in [0.1, 0.15) is 19.3 Å². The van der Waals surface area contributed by atoms with Gasteiger partial charge in [0.15, 0.2) is 12.2 Å². The molecule has 0 heterocycles. The maximum atomic E-state index is 13.1. The van der Waals surface area contributed by atoms with Gasteiger partial charge in [-0.2, -0.15) is 0 Å². The molecule has 0 saturated heterocycles. The summed E-state index contributed by atoms with van der Waals surface area (Å²) >= 11 is 0. The number of hydrogen-bond donors (Lipinski definition) is 3. The number of unbranched alkanes of at least 4 members (excludes halogenated alkanes) is 46. The fraction of sp³-hybridized carbons (Fsp3) is 0.951. The highest BCUT2D eigenvalue weighted by atomic mass is 31.2. The van der Waals surface area contributed by atoms with Crippen molar-refractivity contribution >= 4 is 39.5 Å². The van der Waals surface area contributed by atoms with Crippen LogP contribution < -0.4 is 0 Å². The number of carbonyl (C=O) groups excluding carboxylic acids is 4. The van der Waals surface area contributed by atoms with Gasteiger partial charge in [-0.15, -0.1) is 0 Å². The molecule has 0 spiro atoms. The summed E-state index contributed by atoms with van der Waals surface area (Å²) in [5, 5.41) is 10.6. The van der Waals surface area contributed by atoms with Crippen LogP contribution in [0.3, 0.4) is 0 Å². The molecule has 0 bridgehead atoms. The molecule has 17 nitrogen and oxygen atoms in total. The SMILES string of the molecule is CCCCCCCCCCC(=O)OC[C@H](COP(=O)(O)OC[C@H](O)COP(=O)(O)OC[C@@H](COC(=O)CCCCCCCCCCCCCCCCCCC(C)C)OC(=O)CCCCCCCCCCCCCCCCCCCCC(C)C)OC(=O)CCCCCCCCCCC(C)CC. The molecule has 594 valence electrons. The van der Waals surface area contributed by atoms with Gasteiger partial charge in [-0.25, -0.2) is 9.13 Å². The van der Waals surface area contributed by atoms with Crippen molar-refractivity contribution in [1.29, 1.82) is 0 Å². The quantitative estimate of drug-likeness (QED) is 0.0222. The summed E-state index contributed by atoms with van der Waals surface area (Å²) in [7, 11) is -9.92. The topological polar surface area (TPSA) is 237 Å². The molecular weight excluding hydrogens is 1310 g/mol. The van der Waals surface area contributed by atoms with Crippen LogP contribution in [0.4, 0.5) is 0 Å². The molecule has 0 saturated carbocycles. The number of aliphatic hydroxyl groups is 1. The van der Waals surface area contributed by atoms with E-state index in [0.29, 0.717) is 25.7 Å². The van der Waals surface area contributed by atoms with Crippen molar-refractivity contribution in [3.63, 3.8) is 0 Å². The third kappa shape index (κ3) is 73.0. The van der Waals surface area contributed by atoms with Crippen LogP contribution in [0.25, 0.3) is 0 Å². The van der Waals surface area contributed by atoms with Gasteiger partial charge in [0, 0.05) is 25.7 Å². The minimum atomic E-state index is -4.96. The Hall–Kier alpha value is -1.94. The predicted octanol–water partition coefficient (Wildman–Crippen LogP) is 24.1. The molecule has 0 amide bonds. The van der Waals surface area contributed by atoms with Crippen LogP contribution in [0, 0.1) is 17.8 Å². The Morgan fingerprint density at radius 2 is 0.510 bits per heavy atom. The van der Waals surface area contributed by atoms with Gasteiger partial charge in [0.05, 0.1) is 26.4 Å². The minimum absolute atomic E-state index is 0.105. The zero-order valence-electron chi connectivity index (χ0n) is 65.7. The normalized spacial score (nSPS) is 14.2. The lowest BCUT2D eigenvalue weighted by Gasteiger charge is -2.21. The van der Waals surface area contributed by atoms with Gasteiger partial charge >= 0.3 is 39.5 Å². The fourth-order valence-electron chi connectivity index (χ4n) is 12.5. The fourth-order valence-corrected chi connectivity index (χ4v) is 14.0. The molecule has 6 atom stereocenters. The smallest absolute Gasteiger partial charge is 0.462 e. The number of esters is 4. The van der Waals surface area contributed by atoms with E-state index in [-0.39, 0.29) is 25.7 Å². The molecule has 0 aromatic rings. The summed E-state index contributed by atoms with van der Waals surface area (Å²) in [5.41, 5.74) is 0. The second kappa shape index (κ2) is 71.3. The molecule has 0 aromatic heterocycles. The molecule has 0 aliphatic rings. The highest BCUT2D eigenvalue weighted by Gasteiger charge is 2.30. The van der Waals surface area contributed by atoms with E-state index in [0.717, 1.165) is 114 Å². The Balaban J connectivity index is 5.19. The van der Waals surface area contributed by atoms with Crippen LogP contribution in [0.5, 0.6) is 0 Å². The van der Waals surface area contributed by atoms with Crippen LogP contribution in [0.15, 0.2) is 0 Å². The number of phosphoric ester groups is 2. The summed E-state index contributed by atoms with van der Waals surface area (Å²) in [4.78, 5) is 72.9. The van der Waals surface area contributed by atoms with Crippen molar-refractivity contribution in [3.8, 4) is 0 Å². The molecule has 0 aliphatic heterocycles. The molecule has 100 heavy (non-hydrogen) atoms. The first-order valence-corrected chi connectivity index (χ1v) is 44.9. The summed E-state index contributed by atoms with van der Waals surface area (Å²) in [5.74, 6) is 0.287. The molecule has 0 aromatic carbocycles. The minimum Gasteiger partial charge on any atom is -0.462 e. The molecule has 0 fully saturated rings. The first kappa shape index (κ1) is 98.1. The lowest BCUT2D eigenvalue weighted by molar-refractivity contribution is -0.161. The Morgan fingerprint density at radius 3 is 0.760 bits per heavy atom. The third-order valence-electron chi connectivity index (χ3n) is 19.2. The number of ether oxygens (including phenoxy) is 4. The number of hydrogen-bond acceptors (Lipinski definition) is 15. The van der Waals surface area contributed by atoms with Crippen molar-refractivity contribution in [1.82, 2.24) is 0 Å².